The number of aromatic nitrogens is 2. The van der Waals surface area contributed by atoms with Crippen molar-refractivity contribution in [3.05, 3.63) is 52.2 Å². The lowest BCUT2D eigenvalue weighted by atomic mass is 9.97. The SMILES string of the molecule is COCCN1CCC(CNc2nc(-c3nccc4c3N=C(COc3ccc(F)c(Cl)c3)CC4=O)cs2)CC1. The van der Waals surface area contributed by atoms with E-state index in [0.29, 0.717) is 40.0 Å². The summed E-state index contributed by atoms with van der Waals surface area (Å²) < 4.78 is 24.3. The van der Waals surface area contributed by atoms with Crippen molar-refractivity contribution in [2.75, 3.05) is 51.8 Å². The van der Waals surface area contributed by atoms with Crippen LogP contribution in [0.4, 0.5) is 15.2 Å². The number of pyridine rings is 1. The Balaban J connectivity index is 1.24. The zero-order valence-electron chi connectivity index (χ0n) is 21.1. The zero-order valence-corrected chi connectivity index (χ0v) is 22.7. The van der Waals surface area contributed by atoms with Crippen molar-refractivity contribution in [2.24, 2.45) is 10.9 Å². The van der Waals surface area contributed by atoms with Gasteiger partial charge in [0.2, 0.25) is 0 Å². The number of nitrogens with zero attached hydrogens (tertiary/aromatic N) is 4. The Bertz CT molecular complexity index is 1330. The summed E-state index contributed by atoms with van der Waals surface area (Å²) in [4.78, 5) is 29.3. The number of halogens is 2. The van der Waals surface area contributed by atoms with Gasteiger partial charge in [0.15, 0.2) is 10.9 Å². The number of methoxy groups -OCH3 is 1. The molecule has 0 aliphatic carbocycles. The number of rotatable bonds is 10. The van der Waals surface area contributed by atoms with Crippen LogP contribution in [-0.2, 0) is 4.74 Å². The quantitative estimate of drug-likeness (QED) is 0.352. The number of likely N-dealkylation sites (tertiary alicyclic amines) is 1. The molecule has 0 bridgehead atoms. The average molecular weight is 558 g/mol. The molecule has 200 valence electrons. The van der Waals surface area contributed by atoms with Gasteiger partial charge in [-0.3, -0.25) is 14.8 Å². The highest BCUT2D eigenvalue weighted by Crippen LogP contribution is 2.36. The molecule has 1 N–H and O–H groups in total. The number of fused-ring (bicyclic) bond motifs is 1. The Kier molecular flexibility index (Phi) is 8.63. The minimum atomic E-state index is -0.519. The van der Waals surface area contributed by atoms with Crippen LogP contribution in [0.5, 0.6) is 5.75 Å². The highest BCUT2D eigenvalue weighted by Gasteiger charge is 2.25. The molecule has 0 spiro atoms. The van der Waals surface area contributed by atoms with Crippen LogP contribution in [0.25, 0.3) is 11.4 Å². The number of hydrogen-bond acceptors (Lipinski definition) is 9. The van der Waals surface area contributed by atoms with Crippen LogP contribution in [0.3, 0.4) is 0 Å². The van der Waals surface area contributed by atoms with E-state index in [-0.39, 0.29) is 23.8 Å². The summed E-state index contributed by atoms with van der Waals surface area (Å²) in [6, 6.07) is 5.81. The van der Waals surface area contributed by atoms with E-state index in [2.05, 4.69) is 15.2 Å². The van der Waals surface area contributed by atoms with E-state index < -0.39 is 5.82 Å². The van der Waals surface area contributed by atoms with Crippen molar-refractivity contribution < 1.29 is 18.7 Å². The number of Topliss-reactive ketones (excluding diaryl/α,β-unsaturated/α-hetero) is 1. The van der Waals surface area contributed by atoms with Crippen LogP contribution < -0.4 is 10.1 Å². The second kappa shape index (κ2) is 12.3. The standard InChI is InChI=1S/C27H29ClFN5O3S/c1-36-11-10-34-8-5-17(6-9-34)14-31-27-33-23(16-38-27)26-25-20(4-7-30-26)24(35)12-18(32-25)15-37-19-2-3-22(29)21(28)13-19/h2-4,7,13,16-17H,5-6,8-12,14-15H2,1H3,(H,31,33). The number of ether oxygens (including phenoxy) is 2. The van der Waals surface area contributed by atoms with Gasteiger partial charge in [-0.15, -0.1) is 11.3 Å². The van der Waals surface area contributed by atoms with E-state index in [0.717, 1.165) is 50.8 Å². The monoisotopic (exact) mass is 557 g/mol. The first-order valence-electron chi connectivity index (χ1n) is 12.6. The Morgan fingerprint density at radius 2 is 2.11 bits per heavy atom. The molecule has 2 aliphatic heterocycles. The van der Waals surface area contributed by atoms with Crippen LogP contribution in [0.1, 0.15) is 29.6 Å². The van der Waals surface area contributed by atoms with Gasteiger partial charge in [-0.25, -0.2) is 9.37 Å². The van der Waals surface area contributed by atoms with Gasteiger partial charge in [-0.05, 0) is 50.0 Å². The normalized spacial score (nSPS) is 16.3. The van der Waals surface area contributed by atoms with Gasteiger partial charge in [-0.2, -0.15) is 0 Å². The van der Waals surface area contributed by atoms with Gasteiger partial charge in [-0.1, -0.05) is 11.6 Å². The van der Waals surface area contributed by atoms with Gasteiger partial charge in [0, 0.05) is 43.4 Å². The number of thiazole rings is 1. The molecule has 2 aliphatic rings. The average Bonchev–Trinajstić information content (AvgIpc) is 3.40. The fourth-order valence-electron chi connectivity index (χ4n) is 4.60. The molecule has 8 nitrogen and oxygen atoms in total. The number of anilines is 1. The predicted octanol–water partition coefficient (Wildman–Crippen LogP) is 5.51. The number of carbonyl (C=O) groups is 1. The fraction of sp³-hybridized carbons (Fsp3) is 0.407. The molecule has 0 unspecified atom stereocenters. The van der Waals surface area contributed by atoms with E-state index in [4.69, 9.17) is 31.1 Å². The maximum Gasteiger partial charge on any atom is 0.183 e. The number of carbonyl (C=O) groups excluding carboxylic acids is 1. The lowest BCUT2D eigenvalue weighted by Gasteiger charge is -2.31. The second-order valence-corrected chi connectivity index (χ2v) is 10.7. The summed E-state index contributed by atoms with van der Waals surface area (Å²) >= 11 is 7.36. The lowest BCUT2D eigenvalue weighted by Crippen LogP contribution is -2.37. The molecular formula is C27H29ClFN5O3S. The predicted molar refractivity (Wildman–Crippen MR) is 148 cm³/mol. The summed E-state index contributed by atoms with van der Waals surface area (Å²) in [6.07, 6.45) is 4.05. The number of nitrogens with one attached hydrogen (secondary N) is 1. The first-order valence-corrected chi connectivity index (χ1v) is 13.8. The third-order valence-electron chi connectivity index (χ3n) is 6.76. The topological polar surface area (TPSA) is 88.9 Å². The van der Waals surface area contributed by atoms with Gasteiger partial charge in [0.1, 0.15) is 35.2 Å². The number of ketones is 1. The third kappa shape index (κ3) is 6.37. The van der Waals surface area contributed by atoms with Crippen LogP contribution in [0, 0.1) is 11.7 Å². The minimum Gasteiger partial charge on any atom is -0.488 e. The molecule has 38 heavy (non-hydrogen) atoms. The molecule has 1 fully saturated rings. The highest BCUT2D eigenvalue weighted by molar-refractivity contribution is 7.14. The minimum absolute atomic E-state index is 0.0264. The maximum absolute atomic E-state index is 13.4. The fourth-order valence-corrected chi connectivity index (χ4v) is 5.48. The Morgan fingerprint density at radius 1 is 1.26 bits per heavy atom. The Labute approximate surface area is 229 Å². The van der Waals surface area contributed by atoms with Gasteiger partial charge in [0.25, 0.3) is 0 Å². The van der Waals surface area contributed by atoms with Crippen LogP contribution in [0.15, 0.2) is 40.8 Å². The van der Waals surface area contributed by atoms with Crippen molar-refractivity contribution >= 4 is 45.3 Å². The van der Waals surface area contributed by atoms with Crippen molar-refractivity contribution in [1.29, 1.82) is 0 Å². The van der Waals surface area contributed by atoms with Crippen molar-refractivity contribution in [1.82, 2.24) is 14.9 Å². The molecular weight excluding hydrogens is 529 g/mol. The van der Waals surface area contributed by atoms with Crippen molar-refractivity contribution in [2.45, 2.75) is 19.3 Å². The third-order valence-corrected chi connectivity index (χ3v) is 7.85. The molecule has 2 aromatic heterocycles. The lowest BCUT2D eigenvalue weighted by molar-refractivity contribution is 0.0998. The highest BCUT2D eigenvalue weighted by atomic mass is 35.5. The Morgan fingerprint density at radius 3 is 2.89 bits per heavy atom. The summed E-state index contributed by atoms with van der Waals surface area (Å²) in [7, 11) is 1.74. The maximum atomic E-state index is 13.4. The Hall–Kier alpha value is -2.92. The van der Waals surface area contributed by atoms with Crippen LogP contribution >= 0.6 is 22.9 Å². The van der Waals surface area contributed by atoms with Crippen LogP contribution in [-0.4, -0.2) is 72.9 Å². The first-order chi connectivity index (χ1) is 18.5. The number of benzene rings is 1. The molecule has 0 radical (unpaired) electrons. The summed E-state index contributed by atoms with van der Waals surface area (Å²) in [5.41, 5.74) is 2.81. The molecule has 1 aromatic carbocycles. The molecule has 5 rings (SSSR count). The number of piperidine rings is 1. The van der Waals surface area contributed by atoms with Gasteiger partial charge >= 0.3 is 0 Å². The zero-order chi connectivity index (χ0) is 26.5. The molecule has 0 saturated carbocycles. The molecule has 11 heteroatoms. The van der Waals surface area contributed by atoms with E-state index in [9.17, 15) is 9.18 Å². The van der Waals surface area contributed by atoms with E-state index in [1.54, 1.807) is 19.4 Å². The molecule has 4 heterocycles. The molecule has 0 atom stereocenters. The van der Waals surface area contributed by atoms with Gasteiger partial charge < -0.3 is 19.7 Å². The summed E-state index contributed by atoms with van der Waals surface area (Å²) in [5, 5.41) is 6.21. The van der Waals surface area contributed by atoms with Crippen molar-refractivity contribution in [3.8, 4) is 17.1 Å². The largest absolute Gasteiger partial charge is 0.488 e. The van der Waals surface area contributed by atoms with E-state index in [1.165, 1.54) is 29.5 Å². The van der Waals surface area contributed by atoms with Gasteiger partial charge in [0.05, 0.1) is 23.8 Å². The van der Waals surface area contributed by atoms with E-state index in [1.807, 2.05) is 5.38 Å². The summed E-state index contributed by atoms with van der Waals surface area (Å²) in [6.45, 7) is 4.89. The molecule has 0 amide bonds. The first kappa shape index (κ1) is 26.7. The number of aliphatic imine (C=N–C) groups is 1. The molecule has 1 saturated heterocycles. The van der Waals surface area contributed by atoms with E-state index >= 15 is 0 Å². The van der Waals surface area contributed by atoms with Crippen molar-refractivity contribution in [3.63, 3.8) is 0 Å². The van der Waals surface area contributed by atoms with Crippen LogP contribution in [0.2, 0.25) is 5.02 Å². The number of hydrogen-bond donors (Lipinski definition) is 1. The smallest absolute Gasteiger partial charge is 0.183 e. The second-order valence-electron chi connectivity index (χ2n) is 9.39. The summed E-state index contributed by atoms with van der Waals surface area (Å²) in [5.74, 6) is 0.429. The molecule has 3 aromatic rings.